The van der Waals surface area contributed by atoms with Crippen molar-refractivity contribution in [1.29, 1.82) is 0 Å². The zero-order chi connectivity index (χ0) is 15.9. The number of nitrogens with one attached hydrogen (secondary N) is 1. The average Bonchev–Trinajstić information content (AvgIpc) is 2.83. The Morgan fingerprint density at radius 3 is 2.45 bits per heavy atom. The summed E-state index contributed by atoms with van der Waals surface area (Å²) in [7, 11) is 1.52. The minimum atomic E-state index is -1.08. The van der Waals surface area contributed by atoms with Crippen LogP contribution in [0.15, 0.2) is 24.4 Å². The number of rotatable bonds is 4. The summed E-state index contributed by atoms with van der Waals surface area (Å²) in [4.78, 5) is 14.8. The van der Waals surface area contributed by atoms with E-state index in [4.69, 9.17) is 32.7 Å². The SMILES string of the molecule is COC1(c2[nH]cc(-c3c(Cl)cccc3Cl)c2C(=O)O)COC1. The van der Waals surface area contributed by atoms with Crippen LogP contribution in [-0.4, -0.2) is 36.4 Å². The highest BCUT2D eigenvalue weighted by Gasteiger charge is 2.45. The minimum Gasteiger partial charge on any atom is -0.478 e. The van der Waals surface area contributed by atoms with E-state index < -0.39 is 11.6 Å². The van der Waals surface area contributed by atoms with E-state index in [9.17, 15) is 9.90 Å². The second-order valence-electron chi connectivity index (χ2n) is 5.05. The van der Waals surface area contributed by atoms with E-state index in [1.165, 1.54) is 7.11 Å². The first kappa shape index (κ1) is 15.4. The van der Waals surface area contributed by atoms with E-state index in [-0.39, 0.29) is 5.56 Å². The second kappa shape index (κ2) is 5.59. The largest absolute Gasteiger partial charge is 0.478 e. The van der Waals surface area contributed by atoms with E-state index in [1.54, 1.807) is 24.4 Å². The number of benzene rings is 1. The summed E-state index contributed by atoms with van der Waals surface area (Å²) in [5, 5.41) is 10.4. The highest BCUT2D eigenvalue weighted by molar-refractivity contribution is 6.39. The Hall–Kier alpha value is -1.53. The van der Waals surface area contributed by atoms with Crippen molar-refractivity contribution < 1.29 is 19.4 Å². The van der Waals surface area contributed by atoms with E-state index in [0.29, 0.717) is 40.1 Å². The van der Waals surface area contributed by atoms with E-state index in [2.05, 4.69) is 4.98 Å². The molecular formula is C15H13Cl2NO4. The van der Waals surface area contributed by atoms with Crippen molar-refractivity contribution in [3.63, 3.8) is 0 Å². The van der Waals surface area contributed by atoms with Gasteiger partial charge in [-0.2, -0.15) is 0 Å². The molecule has 0 spiro atoms. The van der Waals surface area contributed by atoms with Gasteiger partial charge in [-0.3, -0.25) is 0 Å². The van der Waals surface area contributed by atoms with Gasteiger partial charge in [0.25, 0.3) is 0 Å². The van der Waals surface area contributed by atoms with Crippen molar-refractivity contribution in [2.45, 2.75) is 5.60 Å². The van der Waals surface area contributed by atoms with Gasteiger partial charge in [-0.05, 0) is 12.1 Å². The number of carboxylic acids is 1. The van der Waals surface area contributed by atoms with Gasteiger partial charge in [0, 0.05) is 34.5 Å². The fourth-order valence-corrected chi connectivity index (χ4v) is 3.21. The lowest BCUT2D eigenvalue weighted by Crippen LogP contribution is -2.49. The molecule has 1 aliphatic heterocycles. The minimum absolute atomic E-state index is 0.0974. The molecule has 1 saturated heterocycles. The molecule has 116 valence electrons. The van der Waals surface area contributed by atoms with Crippen LogP contribution >= 0.6 is 23.2 Å². The highest BCUT2D eigenvalue weighted by Crippen LogP contribution is 2.42. The third-order valence-electron chi connectivity index (χ3n) is 3.84. The summed E-state index contributed by atoms with van der Waals surface area (Å²) in [6, 6.07) is 5.04. The maximum atomic E-state index is 11.8. The molecule has 0 atom stereocenters. The van der Waals surface area contributed by atoms with Crippen molar-refractivity contribution in [2.75, 3.05) is 20.3 Å². The standard InChI is InChI=1S/C15H13Cl2NO4/c1-21-15(6-22-7-15)13-12(14(19)20)8(5-18-13)11-9(16)3-2-4-10(11)17/h2-5,18H,6-7H2,1H3,(H,19,20). The lowest BCUT2D eigenvalue weighted by Gasteiger charge is -2.39. The highest BCUT2D eigenvalue weighted by atomic mass is 35.5. The average molecular weight is 342 g/mol. The molecule has 0 bridgehead atoms. The molecule has 1 aromatic carbocycles. The molecule has 0 saturated carbocycles. The van der Waals surface area contributed by atoms with E-state index >= 15 is 0 Å². The smallest absolute Gasteiger partial charge is 0.338 e. The third-order valence-corrected chi connectivity index (χ3v) is 4.47. The number of carboxylic acid groups (broad SMARTS) is 1. The molecule has 2 heterocycles. The number of aromatic carboxylic acids is 1. The molecule has 22 heavy (non-hydrogen) atoms. The summed E-state index contributed by atoms with van der Waals surface area (Å²) in [6.45, 7) is 0.583. The van der Waals surface area contributed by atoms with Crippen LogP contribution in [0.3, 0.4) is 0 Å². The number of aromatic amines is 1. The molecule has 1 aliphatic rings. The number of methoxy groups -OCH3 is 1. The summed E-state index contributed by atoms with van der Waals surface area (Å²) >= 11 is 12.4. The lowest BCUT2D eigenvalue weighted by atomic mass is 9.91. The summed E-state index contributed by atoms with van der Waals surface area (Å²) in [5.74, 6) is -1.08. The predicted molar refractivity (Wildman–Crippen MR) is 82.7 cm³/mol. The van der Waals surface area contributed by atoms with Gasteiger partial charge in [-0.25, -0.2) is 4.79 Å². The maximum Gasteiger partial charge on any atom is 0.338 e. The zero-order valence-corrected chi connectivity index (χ0v) is 13.2. The first-order chi connectivity index (χ1) is 10.5. The van der Waals surface area contributed by atoms with E-state index in [1.807, 2.05) is 0 Å². The molecule has 2 N–H and O–H groups in total. The van der Waals surface area contributed by atoms with Crippen LogP contribution in [0.1, 0.15) is 16.1 Å². The van der Waals surface area contributed by atoms with Gasteiger partial charge in [0.1, 0.15) is 0 Å². The zero-order valence-electron chi connectivity index (χ0n) is 11.7. The van der Waals surface area contributed by atoms with Crippen molar-refractivity contribution in [3.8, 4) is 11.1 Å². The molecule has 7 heteroatoms. The normalized spacial score (nSPS) is 16.3. The van der Waals surface area contributed by atoms with Gasteiger partial charge in [0.05, 0.1) is 24.5 Å². The van der Waals surface area contributed by atoms with Gasteiger partial charge in [-0.1, -0.05) is 29.3 Å². The van der Waals surface area contributed by atoms with Crippen molar-refractivity contribution >= 4 is 29.2 Å². The molecule has 1 fully saturated rings. The van der Waals surface area contributed by atoms with Gasteiger partial charge < -0.3 is 19.6 Å². The van der Waals surface area contributed by atoms with Crippen LogP contribution in [0.4, 0.5) is 0 Å². The summed E-state index contributed by atoms with van der Waals surface area (Å²) < 4.78 is 10.7. The number of H-pyrrole nitrogens is 1. The van der Waals surface area contributed by atoms with Gasteiger partial charge in [0.15, 0.2) is 5.60 Å². The maximum absolute atomic E-state index is 11.8. The van der Waals surface area contributed by atoms with Crippen LogP contribution in [0.2, 0.25) is 10.0 Å². The monoisotopic (exact) mass is 341 g/mol. The Labute approximate surface area is 136 Å². The van der Waals surface area contributed by atoms with Crippen molar-refractivity contribution in [3.05, 3.63) is 45.7 Å². The van der Waals surface area contributed by atoms with E-state index in [0.717, 1.165) is 0 Å². The Morgan fingerprint density at radius 1 is 1.36 bits per heavy atom. The molecule has 1 aromatic heterocycles. The first-order valence-corrected chi connectivity index (χ1v) is 7.28. The predicted octanol–water partition coefficient (Wildman–Crippen LogP) is 3.56. The summed E-state index contributed by atoms with van der Waals surface area (Å²) in [6.07, 6.45) is 1.59. The van der Waals surface area contributed by atoms with Crippen LogP contribution in [0, 0.1) is 0 Å². The Morgan fingerprint density at radius 2 is 2.00 bits per heavy atom. The number of carbonyl (C=O) groups is 1. The number of hydrogen-bond acceptors (Lipinski definition) is 3. The molecule has 0 radical (unpaired) electrons. The number of aromatic nitrogens is 1. The Balaban J connectivity index is 2.22. The fraction of sp³-hybridized carbons (Fsp3) is 0.267. The lowest BCUT2D eigenvalue weighted by molar-refractivity contribution is -0.204. The van der Waals surface area contributed by atoms with Crippen molar-refractivity contribution in [2.24, 2.45) is 0 Å². The topological polar surface area (TPSA) is 71.6 Å². The quantitative estimate of drug-likeness (QED) is 0.891. The van der Waals surface area contributed by atoms with Crippen LogP contribution in [-0.2, 0) is 15.1 Å². The number of ether oxygens (including phenoxy) is 2. The first-order valence-electron chi connectivity index (χ1n) is 6.52. The Bertz CT molecular complexity index is 711. The Kier molecular flexibility index (Phi) is 3.91. The van der Waals surface area contributed by atoms with Crippen molar-refractivity contribution in [1.82, 2.24) is 4.98 Å². The van der Waals surface area contributed by atoms with Crippen LogP contribution < -0.4 is 0 Å². The van der Waals surface area contributed by atoms with Gasteiger partial charge in [-0.15, -0.1) is 0 Å². The molecule has 0 unspecified atom stereocenters. The molecule has 3 rings (SSSR count). The van der Waals surface area contributed by atoms with Gasteiger partial charge >= 0.3 is 5.97 Å². The van der Waals surface area contributed by atoms with Crippen LogP contribution in [0.25, 0.3) is 11.1 Å². The van der Waals surface area contributed by atoms with Crippen LogP contribution in [0.5, 0.6) is 0 Å². The number of hydrogen-bond donors (Lipinski definition) is 2. The number of halogens is 2. The van der Waals surface area contributed by atoms with Gasteiger partial charge in [0.2, 0.25) is 0 Å². The summed E-state index contributed by atoms with van der Waals surface area (Å²) in [5.41, 5.74) is 0.693. The molecule has 0 aliphatic carbocycles. The molecule has 0 amide bonds. The second-order valence-corrected chi connectivity index (χ2v) is 5.86. The molecular weight excluding hydrogens is 329 g/mol. The fourth-order valence-electron chi connectivity index (χ4n) is 2.61. The molecule has 5 nitrogen and oxygen atoms in total. The third kappa shape index (κ3) is 2.21. The molecule has 2 aromatic rings.